The number of methoxy groups -OCH3 is 1. The van der Waals surface area contributed by atoms with Crippen molar-refractivity contribution in [3.05, 3.63) is 58.9 Å². The van der Waals surface area contributed by atoms with Crippen LogP contribution in [0.25, 0.3) is 6.08 Å². The van der Waals surface area contributed by atoms with Gasteiger partial charge in [-0.3, -0.25) is 9.78 Å². The number of aromatic nitrogens is 1. The molecule has 3 rings (SSSR count). The number of hydrogen-bond donors (Lipinski definition) is 1. The third kappa shape index (κ3) is 2.05. The van der Waals surface area contributed by atoms with E-state index in [1.165, 1.54) is 13.2 Å². The lowest BCUT2D eigenvalue weighted by Crippen LogP contribution is -1.95. The van der Waals surface area contributed by atoms with Crippen LogP contribution in [0.2, 0.25) is 0 Å². The minimum atomic E-state index is -0.0539. The number of phenols is 1. The average molecular weight is 267 g/mol. The second kappa shape index (κ2) is 4.81. The first-order valence-electron chi connectivity index (χ1n) is 6.24. The quantitative estimate of drug-likeness (QED) is 0.850. The maximum absolute atomic E-state index is 12.3. The molecule has 100 valence electrons. The number of benzene rings is 1. The number of hydrogen-bond acceptors (Lipinski definition) is 4. The molecule has 1 aliphatic rings. The molecule has 1 aliphatic carbocycles. The highest BCUT2D eigenvalue weighted by molar-refractivity contribution is 6.15. The summed E-state index contributed by atoms with van der Waals surface area (Å²) < 4.78 is 5.07. The molecular weight excluding hydrogens is 254 g/mol. The van der Waals surface area contributed by atoms with Crippen LogP contribution in [0.5, 0.6) is 11.5 Å². The smallest absolute Gasteiger partial charge is 0.189 e. The summed E-state index contributed by atoms with van der Waals surface area (Å²) in [6, 6.07) is 6.91. The van der Waals surface area contributed by atoms with Crippen LogP contribution in [0.15, 0.2) is 42.2 Å². The van der Waals surface area contributed by atoms with Crippen LogP contribution >= 0.6 is 0 Å². The molecule has 1 aromatic carbocycles. The molecule has 0 atom stereocenters. The number of rotatable bonds is 2. The molecule has 0 unspecified atom stereocenters. The molecule has 1 N–H and O–H groups in total. The van der Waals surface area contributed by atoms with E-state index in [4.69, 9.17) is 4.74 Å². The highest BCUT2D eigenvalue weighted by atomic mass is 16.5. The van der Waals surface area contributed by atoms with Gasteiger partial charge >= 0.3 is 0 Å². The van der Waals surface area contributed by atoms with Gasteiger partial charge in [0.2, 0.25) is 0 Å². The molecule has 0 amide bonds. The topological polar surface area (TPSA) is 59.4 Å². The standard InChI is InChI=1S/C16H13NO3/c1-20-15-7-11-6-12(5-10-3-2-4-17-9-10)16(19)13(11)8-14(15)18/h2-5,7-9,18H,6H2,1H3/b12-5-. The van der Waals surface area contributed by atoms with Crippen molar-refractivity contribution >= 4 is 11.9 Å². The zero-order chi connectivity index (χ0) is 14.1. The fraction of sp³-hybridized carbons (Fsp3) is 0.125. The zero-order valence-electron chi connectivity index (χ0n) is 11.0. The van der Waals surface area contributed by atoms with Crippen LogP contribution in [-0.2, 0) is 6.42 Å². The molecular formula is C16H13NO3. The molecule has 0 spiro atoms. The van der Waals surface area contributed by atoms with E-state index in [1.54, 1.807) is 18.5 Å². The minimum Gasteiger partial charge on any atom is -0.504 e. The third-order valence-corrected chi connectivity index (χ3v) is 3.35. The molecule has 0 saturated carbocycles. The van der Waals surface area contributed by atoms with Crippen molar-refractivity contribution in [2.24, 2.45) is 0 Å². The lowest BCUT2D eigenvalue weighted by molar-refractivity contribution is 0.104. The van der Waals surface area contributed by atoms with Crippen molar-refractivity contribution in [3.8, 4) is 11.5 Å². The zero-order valence-corrected chi connectivity index (χ0v) is 11.0. The number of carbonyl (C=O) groups excluding carboxylic acids is 1. The van der Waals surface area contributed by atoms with Gasteiger partial charge in [-0.2, -0.15) is 0 Å². The van der Waals surface area contributed by atoms with Crippen molar-refractivity contribution in [3.63, 3.8) is 0 Å². The van der Waals surface area contributed by atoms with Crippen molar-refractivity contribution in [1.29, 1.82) is 0 Å². The van der Waals surface area contributed by atoms with Gasteiger partial charge in [-0.05, 0) is 35.4 Å². The molecule has 4 heteroatoms. The van der Waals surface area contributed by atoms with E-state index in [0.29, 0.717) is 23.3 Å². The lowest BCUT2D eigenvalue weighted by Gasteiger charge is -2.05. The Morgan fingerprint density at radius 1 is 1.40 bits per heavy atom. The molecule has 0 bridgehead atoms. The molecule has 0 fully saturated rings. The molecule has 20 heavy (non-hydrogen) atoms. The maximum Gasteiger partial charge on any atom is 0.189 e. The number of pyridine rings is 1. The predicted molar refractivity (Wildman–Crippen MR) is 74.9 cm³/mol. The van der Waals surface area contributed by atoms with Gasteiger partial charge in [0.15, 0.2) is 17.3 Å². The van der Waals surface area contributed by atoms with E-state index in [-0.39, 0.29) is 11.5 Å². The van der Waals surface area contributed by atoms with Gasteiger partial charge in [-0.25, -0.2) is 0 Å². The molecule has 4 nitrogen and oxygen atoms in total. The van der Waals surface area contributed by atoms with E-state index in [1.807, 2.05) is 18.2 Å². The van der Waals surface area contributed by atoms with Crippen molar-refractivity contribution in [1.82, 2.24) is 4.98 Å². The maximum atomic E-state index is 12.3. The van der Waals surface area contributed by atoms with Crippen LogP contribution in [0.4, 0.5) is 0 Å². The van der Waals surface area contributed by atoms with Gasteiger partial charge in [-0.15, -0.1) is 0 Å². The average Bonchev–Trinajstić information content (AvgIpc) is 2.76. The summed E-state index contributed by atoms with van der Waals surface area (Å²) in [6.07, 6.45) is 5.77. The van der Waals surface area contributed by atoms with Crippen LogP contribution in [0.1, 0.15) is 21.5 Å². The fourth-order valence-electron chi connectivity index (χ4n) is 2.37. The van der Waals surface area contributed by atoms with E-state index < -0.39 is 0 Å². The first kappa shape index (κ1) is 12.4. The van der Waals surface area contributed by atoms with Gasteiger partial charge < -0.3 is 9.84 Å². The van der Waals surface area contributed by atoms with Crippen LogP contribution in [0, 0.1) is 0 Å². The van der Waals surface area contributed by atoms with Crippen LogP contribution < -0.4 is 4.74 Å². The van der Waals surface area contributed by atoms with Crippen molar-refractivity contribution in [2.45, 2.75) is 6.42 Å². The highest BCUT2D eigenvalue weighted by Crippen LogP contribution is 2.36. The lowest BCUT2D eigenvalue weighted by atomic mass is 10.1. The van der Waals surface area contributed by atoms with E-state index in [9.17, 15) is 9.90 Å². The number of ketones is 1. The second-order valence-corrected chi connectivity index (χ2v) is 4.64. The van der Waals surface area contributed by atoms with Crippen LogP contribution in [-0.4, -0.2) is 23.0 Å². The van der Waals surface area contributed by atoms with Crippen LogP contribution in [0.3, 0.4) is 0 Å². The van der Waals surface area contributed by atoms with Gasteiger partial charge in [0.05, 0.1) is 7.11 Å². The number of allylic oxidation sites excluding steroid dienone is 1. The Balaban J connectivity index is 2.01. The summed E-state index contributed by atoms with van der Waals surface area (Å²) in [4.78, 5) is 16.3. The summed E-state index contributed by atoms with van der Waals surface area (Å²) in [5.41, 5.74) is 3.00. The number of Topliss-reactive ketones (excluding diaryl/α,β-unsaturated/α-hetero) is 1. The molecule has 1 aromatic heterocycles. The number of nitrogens with zero attached hydrogens (tertiary/aromatic N) is 1. The van der Waals surface area contributed by atoms with Gasteiger partial charge in [0.25, 0.3) is 0 Å². The van der Waals surface area contributed by atoms with Crippen molar-refractivity contribution in [2.75, 3.05) is 7.11 Å². The fourth-order valence-corrected chi connectivity index (χ4v) is 2.37. The SMILES string of the molecule is COc1cc2c(cc1O)C(=O)/C(=C\c1cccnc1)C2. The number of phenolic OH excluding ortho intramolecular Hbond substituents is 1. The Kier molecular flexibility index (Phi) is 2.99. The Morgan fingerprint density at radius 2 is 2.25 bits per heavy atom. The summed E-state index contributed by atoms with van der Waals surface area (Å²) >= 11 is 0. The largest absolute Gasteiger partial charge is 0.504 e. The summed E-state index contributed by atoms with van der Waals surface area (Å²) in [6.45, 7) is 0. The molecule has 0 saturated heterocycles. The highest BCUT2D eigenvalue weighted by Gasteiger charge is 2.26. The first-order valence-corrected chi connectivity index (χ1v) is 6.24. The predicted octanol–water partition coefficient (Wildman–Crippen LogP) is 2.62. The normalized spacial score (nSPS) is 15.4. The summed E-state index contributed by atoms with van der Waals surface area (Å²) in [7, 11) is 1.49. The monoisotopic (exact) mass is 267 g/mol. The minimum absolute atomic E-state index is 0.0118. The van der Waals surface area contributed by atoms with E-state index in [2.05, 4.69) is 4.98 Å². The number of aromatic hydroxyl groups is 1. The molecule has 2 aromatic rings. The third-order valence-electron chi connectivity index (χ3n) is 3.35. The number of carbonyl (C=O) groups is 1. The van der Waals surface area contributed by atoms with Gasteiger partial charge in [0.1, 0.15) is 0 Å². The second-order valence-electron chi connectivity index (χ2n) is 4.64. The van der Waals surface area contributed by atoms with Gasteiger partial charge in [-0.1, -0.05) is 6.07 Å². The number of fused-ring (bicyclic) bond motifs is 1. The Hall–Kier alpha value is -2.62. The molecule has 1 heterocycles. The Labute approximate surface area is 116 Å². The van der Waals surface area contributed by atoms with E-state index in [0.717, 1.165) is 11.1 Å². The Bertz CT molecular complexity index is 705. The molecule has 0 aliphatic heterocycles. The van der Waals surface area contributed by atoms with E-state index >= 15 is 0 Å². The first-order chi connectivity index (χ1) is 9.69. The Morgan fingerprint density at radius 3 is 2.95 bits per heavy atom. The van der Waals surface area contributed by atoms with Gasteiger partial charge in [0, 0.05) is 30.0 Å². The summed E-state index contributed by atoms with van der Waals surface area (Å²) in [5, 5.41) is 9.76. The van der Waals surface area contributed by atoms with Crippen molar-refractivity contribution < 1.29 is 14.6 Å². The number of ether oxygens (including phenoxy) is 1. The summed E-state index contributed by atoms with van der Waals surface area (Å²) in [5.74, 6) is 0.322. The molecule has 0 radical (unpaired) electrons.